The van der Waals surface area contributed by atoms with E-state index in [-0.39, 0.29) is 48.3 Å². The van der Waals surface area contributed by atoms with Gasteiger partial charge < -0.3 is 29.1 Å². The van der Waals surface area contributed by atoms with Crippen LogP contribution in [0.4, 0.5) is 0 Å². The number of ether oxygens (including phenoxy) is 3. The summed E-state index contributed by atoms with van der Waals surface area (Å²) in [6.07, 6.45) is 1.68. The predicted molar refractivity (Wildman–Crippen MR) is 102 cm³/mol. The average molecular weight is 412 g/mol. The summed E-state index contributed by atoms with van der Waals surface area (Å²) in [6.45, 7) is 5.42. The van der Waals surface area contributed by atoms with Gasteiger partial charge in [0, 0.05) is 21.0 Å². The van der Waals surface area contributed by atoms with Gasteiger partial charge in [0.2, 0.25) is 6.10 Å². The Labute approximate surface area is 171 Å². The number of likely N-dealkylation sites (N-methyl/N-ethyl adjacent to an activating group) is 2. The largest absolute Gasteiger partial charge is 0.450 e. The van der Waals surface area contributed by atoms with Gasteiger partial charge in [-0.05, 0) is 25.7 Å². The summed E-state index contributed by atoms with van der Waals surface area (Å²) in [5, 5.41) is 9.54. The number of hydrogen-bond donors (Lipinski definition) is 1. The maximum atomic E-state index is 11.8. The fourth-order valence-corrected chi connectivity index (χ4v) is 4.70. The van der Waals surface area contributed by atoms with E-state index in [2.05, 4.69) is 6.92 Å². The molecule has 0 radical (unpaired) electrons. The van der Waals surface area contributed by atoms with Crippen molar-refractivity contribution in [2.45, 2.75) is 95.2 Å². The molecule has 4 heterocycles. The van der Waals surface area contributed by atoms with Crippen LogP contribution in [0.1, 0.15) is 46.5 Å². The number of likely N-dealkylation sites (tertiary alicyclic amines) is 2. The number of nitrogens with zero attached hydrogens (tertiary/aromatic N) is 2. The van der Waals surface area contributed by atoms with Crippen molar-refractivity contribution in [1.82, 2.24) is 9.80 Å². The molecule has 4 saturated heterocycles. The first-order chi connectivity index (χ1) is 13.7. The highest BCUT2D eigenvalue weighted by Gasteiger charge is 2.54. The van der Waals surface area contributed by atoms with Crippen molar-refractivity contribution in [3.63, 3.8) is 0 Å². The molecule has 4 aliphatic heterocycles. The van der Waals surface area contributed by atoms with Gasteiger partial charge in [0.25, 0.3) is 11.8 Å². The lowest BCUT2D eigenvalue weighted by molar-refractivity contribution is -0.160. The van der Waals surface area contributed by atoms with Crippen molar-refractivity contribution in [1.29, 1.82) is 0 Å². The first-order valence-electron chi connectivity index (χ1n) is 10.4. The summed E-state index contributed by atoms with van der Waals surface area (Å²) in [5.41, 5.74) is 0. The zero-order chi connectivity index (χ0) is 21.5. The highest BCUT2D eigenvalue weighted by atomic mass is 16.6. The summed E-state index contributed by atoms with van der Waals surface area (Å²) >= 11 is 0. The Morgan fingerprint density at radius 1 is 1.00 bits per heavy atom. The molecule has 0 bridgehead atoms. The molecule has 4 unspecified atom stereocenters. The van der Waals surface area contributed by atoms with Crippen LogP contribution in [0.15, 0.2) is 0 Å². The molecular weight excluding hydrogens is 380 g/mol. The summed E-state index contributed by atoms with van der Waals surface area (Å²) < 4.78 is 16.4. The van der Waals surface area contributed by atoms with E-state index >= 15 is 0 Å². The number of aliphatic hydroxyl groups is 1. The number of carbonyl (C=O) groups is 3. The van der Waals surface area contributed by atoms with E-state index in [1.807, 2.05) is 6.92 Å². The molecule has 0 aromatic rings. The fraction of sp³-hybridized carbons (Fsp3) is 0.850. The van der Waals surface area contributed by atoms with Gasteiger partial charge >= 0.3 is 5.97 Å². The SMILES string of the molecule is CCC1C[C@H]2C(O1)C(OC(C)=O)C(=O)N2C.CCC1C[C@H]2[C@@H](O1)[C@H](O)C(=O)N2C. The van der Waals surface area contributed by atoms with E-state index in [0.717, 1.165) is 25.7 Å². The Morgan fingerprint density at radius 2 is 1.48 bits per heavy atom. The van der Waals surface area contributed by atoms with Crippen LogP contribution in [-0.2, 0) is 28.6 Å². The monoisotopic (exact) mass is 412 g/mol. The summed E-state index contributed by atoms with van der Waals surface area (Å²) in [7, 11) is 3.47. The molecule has 4 rings (SSSR count). The maximum absolute atomic E-state index is 11.8. The molecule has 1 N–H and O–H groups in total. The Hall–Kier alpha value is -1.71. The molecule has 9 nitrogen and oxygen atoms in total. The number of hydrogen-bond acceptors (Lipinski definition) is 7. The fourth-order valence-electron chi connectivity index (χ4n) is 4.70. The first-order valence-corrected chi connectivity index (χ1v) is 10.4. The highest BCUT2D eigenvalue weighted by molar-refractivity contribution is 5.87. The molecule has 29 heavy (non-hydrogen) atoms. The standard InChI is InChI=1S/C11H17NO4.C9H15NO3/c1-4-7-5-8-9(16-7)10(15-6(2)13)11(14)12(8)3;1-3-5-4-6-8(13-5)7(11)9(12)10(6)2/h7-10H,4-5H2,1-3H3;5-8,11H,3-4H2,1-2H3/t7?,8-,9?,10?;5?,6-,7-,8+/m00/s1. The zero-order valence-corrected chi connectivity index (χ0v) is 17.7. The van der Waals surface area contributed by atoms with Crippen molar-refractivity contribution >= 4 is 17.8 Å². The van der Waals surface area contributed by atoms with E-state index in [1.54, 1.807) is 23.9 Å². The Morgan fingerprint density at radius 3 is 1.97 bits per heavy atom. The Balaban J connectivity index is 0.000000169. The van der Waals surface area contributed by atoms with Crippen molar-refractivity contribution < 1.29 is 33.7 Å². The predicted octanol–water partition coefficient (Wildman–Crippen LogP) is 0.0816. The van der Waals surface area contributed by atoms with E-state index in [4.69, 9.17) is 14.2 Å². The molecule has 0 saturated carbocycles. The Kier molecular flexibility index (Phi) is 6.50. The topological polar surface area (TPSA) is 106 Å². The normalized spacial score (nSPS) is 40.6. The summed E-state index contributed by atoms with van der Waals surface area (Å²) in [5.74, 6) is -0.791. The second kappa shape index (κ2) is 8.57. The molecule has 0 spiro atoms. The minimum atomic E-state index is -0.938. The third-order valence-corrected chi connectivity index (χ3v) is 6.47. The van der Waals surface area contributed by atoms with Gasteiger partial charge in [-0.25, -0.2) is 0 Å². The van der Waals surface area contributed by atoms with Gasteiger partial charge in [-0.15, -0.1) is 0 Å². The van der Waals surface area contributed by atoms with Crippen molar-refractivity contribution in [2.75, 3.05) is 14.1 Å². The number of amides is 2. The minimum absolute atomic E-state index is 0.0572. The van der Waals surface area contributed by atoms with E-state index in [9.17, 15) is 19.5 Å². The zero-order valence-electron chi connectivity index (χ0n) is 17.7. The third-order valence-electron chi connectivity index (χ3n) is 6.47. The van der Waals surface area contributed by atoms with E-state index < -0.39 is 18.2 Å². The Bertz CT molecular complexity index is 637. The van der Waals surface area contributed by atoms with Gasteiger partial charge in [0.05, 0.1) is 24.3 Å². The van der Waals surface area contributed by atoms with Crippen LogP contribution in [0.3, 0.4) is 0 Å². The molecule has 0 aromatic carbocycles. The molecule has 4 aliphatic rings. The van der Waals surface area contributed by atoms with Gasteiger partial charge in [0.15, 0.2) is 6.10 Å². The van der Waals surface area contributed by atoms with E-state index in [0.29, 0.717) is 0 Å². The highest BCUT2D eigenvalue weighted by Crippen LogP contribution is 2.35. The van der Waals surface area contributed by atoms with Crippen LogP contribution in [-0.4, -0.2) is 95.5 Å². The molecule has 164 valence electrons. The average Bonchev–Trinajstić information content (AvgIpc) is 3.41. The van der Waals surface area contributed by atoms with Crippen molar-refractivity contribution in [2.24, 2.45) is 0 Å². The molecule has 2 amide bonds. The first kappa shape index (κ1) is 22.0. The molecular formula is C20H32N2O7. The van der Waals surface area contributed by atoms with Crippen LogP contribution < -0.4 is 0 Å². The van der Waals surface area contributed by atoms with Crippen molar-refractivity contribution in [3.8, 4) is 0 Å². The number of rotatable bonds is 3. The van der Waals surface area contributed by atoms with E-state index in [1.165, 1.54) is 6.92 Å². The lowest BCUT2D eigenvalue weighted by Gasteiger charge is -2.17. The summed E-state index contributed by atoms with van der Waals surface area (Å²) in [4.78, 5) is 37.3. The van der Waals surface area contributed by atoms with Gasteiger partial charge in [-0.1, -0.05) is 13.8 Å². The number of aliphatic hydroxyl groups excluding tert-OH is 1. The number of fused-ring (bicyclic) bond motifs is 2. The van der Waals surface area contributed by atoms with Gasteiger partial charge in [0.1, 0.15) is 12.2 Å². The third kappa shape index (κ3) is 4.00. The molecule has 8 atom stereocenters. The van der Waals surface area contributed by atoms with Gasteiger partial charge in [-0.3, -0.25) is 14.4 Å². The quantitative estimate of drug-likeness (QED) is 0.655. The lowest BCUT2D eigenvalue weighted by atomic mass is 10.1. The molecule has 0 aliphatic carbocycles. The number of esters is 1. The second-order valence-corrected chi connectivity index (χ2v) is 8.24. The summed E-state index contributed by atoms with van der Waals surface area (Å²) in [6, 6.07) is 0.147. The van der Waals surface area contributed by atoms with Crippen LogP contribution in [0.25, 0.3) is 0 Å². The van der Waals surface area contributed by atoms with Crippen LogP contribution in [0.2, 0.25) is 0 Å². The molecule has 0 aromatic heterocycles. The smallest absolute Gasteiger partial charge is 0.303 e. The van der Waals surface area contributed by atoms with Gasteiger partial charge in [-0.2, -0.15) is 0 Å². The maximum Gasteiger partial charge on any atom is 0.303 e. The minimum Gasteiger partial charge on any atom is -0.450 e. The van der Waals surface area contributed by atoms with Crippen LogP contribution >= 0.6 is 0 Å². The van der Waals surface area contributed by atoms with Crippen molar-refractivity contribution in [3.05, 3.63) is 0 Å². The van der Waals surface area contributed by atoms with Crippen LogP contribution in [0, 0.1) is 0 Å². The molecule has 4 fully saturated rings. The second-order valence-electron chi connectivity index (χ2n) is 8.24. The number of carbonyl (C=O) groups excluding carboxylic acids is 3. The molecule has 9 heteroatoms. The van der Waals surface area contributed by atoms with Crippen LogP contribution in [0.5, 0.6) is 0 Å². The lowest BCUT2D eigenvalue weighted by Crippen LogP contribution is -2.35.